The summed E-state index contributed by atoms with van der Waals surface area (Å²) >= 11 is 0. The molecule has 0 spiro atoms. The van der Waals surface area contributed by atoms with Crippen LogP contribution in [0.2, 0.25) is 0 Å². The molecule has 8 nitrogen and oxygen atoms in total. The number of nitro groups is 1. The molecule has 1 aromatic heterocycles. The molecular formula is C18H15N5O3. The Bertz CT molecular complexity index is 977. The zero-order valence-corrected chi connectivity index (χ0v) is 13.8. The summed E-state index contributed by atoms with van der Waals surface area (Å²) in [5, 5.41) is 21.5. The zero-order valence-electron chi connectivity index (χ0n) is 13.8. The molecule has 0 aliphatic rings. The summed E-state index contributed by atoms with van der Waals surface area (Å²) in [5.41, 5.74) is 5.42. The van der Waals surface area contributed by atoms with Gasteiger partial charge in [-0.25, -0.2) is 5.43 Å². The summed E-state index contributed by atoms with van der Waals surface area (Å²) in [6, 6.07) is 15.5. The molecule has 0 atom stereocenters. The lowest BCUT2D eigenvalue weighted by Gasteiger charge is -1.97. The summed E-state index contributed by atoms with van der Waals surface area (Å²) in [6.45, 7) is 1.99. The highest BCUT2D eigenvalue weighted by molar-refractivity contribution is 5.94. The van der Waals surface area contributed by atoms with Crippen molar-refractivity contribution in [1.82, 2.24) is 15.6 Å². The van der Waals surface area contributed by atoms with E-state index >= 15 is 0 Å². The highest BCUT2D eigenvalue weighted by Crippen LogP contribution is 2.18. The Balaban J connectivity index is 1.70. The minimum atomic E-state index is -0.508. The standard InChI is InChI=1S/C18H15N5O3/c1-12-6-8-13(9-7-12)15-10-16(21-20-15)18(24)22-19-11-14-4-2-3-5-17(14)23(25)26/h2-11H,1H3,(H,20,21)(H,22,24). The van der Waals surface area contributed by atoms with Gasteiger partial charge in [-0.05, 0) is 19.1 Å². The number of hydrogen-bond donors (Lipinski definition) is 2. The first-order valence-corrected chi connectivity index (χ1v) is 7.74. The lowest BCUT2D eigenvalue weighted by atomic mass is 10.1. The molecule has 130 valence electrons. The number of nitrogens with one attached hydrogen (secondary N) is 2. The van der Waals surface area contributed by atoms with Crippen molar-refractivity contribution in [2.75, 3.05) is 0 Å². The number of rotatable bonds is 5. The van der Waals surface area contributed by atoms with Crippen LogP contribution in [0.1, 0.15) is 21.6 Å². The molecule has 3 rings (SSSR count). The number of H-pyrrole nitrogens is 1. The number of carbonyl (C=O) groups excluding carboxylic acids is 1. The molecule has 1 heterocycles. The van der Waals surface area contributed by atoms with Crippen molar-refractivity contribution in [1.29, 1.82) is 0 Å². The van der Waals surface area contributed by atoms with Crippen molar-refractivity contribution in [2.45, 2.75) is 6.92 Å². The van der Waals surface area contributed by atoms with Gasteiger partial charge >= 0.3 is 0 Å². The molecule has 26 heavy (non-hydrogen) atoms. The maximum atomic E-state index is 12.1. The van der Waals surface area contributed by atoms with E-state index < -0.39 is 10.8 Å². The van der Waals surface area contributed by atoms with Crippen molar-refractivity contribution in [3.63, 3.8) is 0 Å². The van der Waals surface area contributed by atoms with E-state index in [1.807, 2.05) is 31.2 Å². The number of nitrogens with zero attached hydrogens (tertiary/aromatic N) is 3. The van der Waals surface area contributed by atoms with Crippen LogP contribution in [-0.4, -0.2) is 27.2 Å². The second-order valence-electron chi connectivity index (χ2n) is 5.55. The minimum Gasteiger partial charge on any atom is -0.272 e. The fourth-order valence-electron chi connectivity index (χ4n) is 2.29. The van der Waals surface area contributed by atoms with Gasteiger partial charge in [0.25, 0.3) is 11.6 Å². The van der Waals surface area contributed by atoms with Crippen molar-refractivity contribution < 1.29 is 9.72 Å². The van der Waals surface area contributed by atoms with Crippen LogP contribution in [0.5, 0.6) is 0 Å². The van der Waals surface area contributed by atoms with Crippen molar-refractivity contribution in [2.24, 2.45) is 5.10 Å². The van der Waals surface area contributed by atoms with Crippen molar-refractivity contribution >= 4 is 17.8 Å². The molecule has 0 aliphatic heterocycles. The summed E-state index contributed by atoms with van der Waals surface area (Å²) in [6.07, 6.45) is 1.23. The predicted molar refractivity (Wildman–Crippen MR) is 96.9 cm³/mol. The number of aromatic nitrogens is 2. The lowest BCUT2D eigenvalue weighted by Crippen LogP contribution is -2.18. The van der Waals surface area contributed by atoms with Crippen LogP contribution in [-0.2, 0) is 0 Å². The molecule has 0 unspecified atom stereocenters. The molecule has 1 amide bonds. The number of aromatic amines is 1. The van der Waals surface area contributed by atoms with Crippen molar-refractivity contribution in [3.8, 4) is 11.3 Å². The van der Waals surface area contributed by atoms with E-state index in [4.69, 9.17) is 0 Å². The number of nitro benzene ring substituents is 1. The van der Waals surface area contributed by atoms with Crippen LogP contribution in [0.3, 0.4) is 0 Å². The number of hydrazone groups is 1. The van der Waals surface area contributed by atoms with Gasteiger partial charge in [-0.3, -0.25) is 20.0 Å². The van der Waals surface area contributed by atoms with Gasteiger partial charge in [0.2, 0.25) is 0 Å². The third-order valence-electron chi connectivity index (χ3n) is 3.67. The first kappa shape index (κ1) is 17.0. The number of hydrogen-bond acceptors (Lipinski definition) is 5. The summed E-state index contributed by atoms with van der Waals surface area (Å²) in [5.74, 6) is -0.495. The summed E-state index contributed by atoms with van der Waals surface area (Å²) in [4.78, 5) is 22.6. The van der Waals surface area contributed by atoms with E-state index in [9.17, 15) is 14.9 Å². The molecule has 8 heteroatoms. The highest BCUT2D eigenvalue weighted by atomic mass is 16.6. The summed E-state index contributed by atoms with van der Waals surface area (Å²) in [7, 11) is 0. The van der Waals surface area contributed by atoms with E-state index in [-0.39, 0.29) is 11.4 Å². The highest BCUT2D eigenvalue weighted by Gasteiger charge is 2.12. The number of aryl methyl sites for hydroxylation is 1. The van der Waals surface area contributed by atoms with Gasteiger partial charge in [-0.2, -0.15) is 10.2 Å². The molecule has 0 aliphatic carbocycles. The van der Waals surface area contributed by atoms with E-state index in [2.05, 4.69) is 20.7 Å². The largest absolute Gasteiger partial charge is 0.289 e. The van der Waals surface area contributed by atoms with Gasteiger partial charge in [0, 0.05) is 11.6 Å². The minimum absolute atomic E-state index is 0.0892. The number of para-hydroxylation sites is 1. The van der Waals surface area contributed by atoms with Crippen molar-refractivity contribution in [3.05, 3.63) is 81.5 Å². The Hall–Kier alpha value is -3.81. The monoisotopic (exact) mass is 349 g/mol. The van der Waals surface area contributed by atoms with Gasteiger partial charge in [-0.1, -0.05) is 42.0 Å². The van der Waals surface area contributed by atoms with Crippen LogP contribution < -0.4 is 5.43 Å². The van der Waals surface area contributed by atoms with Gasteiger partial charge in [-0.15, -0.1) is 0 Å². The van der Waals surface area contributed by atoms with Gasteiger partial charge in [0.15, 0.2) is 0 Å². The van der Waals surface area contributed by atoms with Crippen LogP contribution in [0, 0.1) is 17.0 Å². The van der Waals surface area contributed by atoms with Crippen LogP contribution >= 0.6 is 0 Å². The maximum absolute atomic E-state index is 12.1. The number of benzene rings is 2. The summed E-state index contributed by atoms with van der Waals surface area (Å²) < 4.78 is 0. The SMILES string of the molecule is Cc1ccc(-c2cc(C(=O)NN=Cc3ccccc3[N+](=O)[O-])[nH]n2)cc1. The third-order valence-corrected chi connectivity index (χ3v) is 3.67. The first-order chi connectivity index (χ1) is 12.5. The average molecular weight is 349 g/mol. The molecule has 0 saturated heterocycles. The Morgan fingerprint density at radius 1 is 1.23 bits per heavy atom. The van der Waals surface area contributed by atoms with Crippen LogP contribution in [0.4, 0.5) is 5.69 Å². The third kappa shape index (κ3) is 3.81. The Morgan fingerprint density at radius 3 is 2.69 bits per heavy atom. The average Bonchev–Trinajstić information content (AvgIpc) is 3.13. The number of carbonyl (C=O) groups is 1. The molecular weight excluding hydrogens is 334 g/mol. The van der Waals surface area contributed by atoms with Crippen LogP contribution in [0.15, 0.2) is 59.7 Å². The molecule has 0 bridgehead atoms. The second-order valence-corrected chi connectivity index (χ2v) is 5.55. The molecule has 3 aromatic rings. The Labute approximate surface area is 148 Å². The molecule has 2 aromatic carbocycles. The van der Waals surface area contributed by atoms with E-state index in [0.717, 1.165) is 11.1 Å². The first-order valence-electron chi connectivity index (χ1n) is 7.74. The van der Waals surface area contributed by atoms with E-state index in [1.165, 1.54) is 12.3 Å². The quantitative estimate of drug-likeness (QED) is 0.418. The molecule has 0 radical (unpaired) electrons. The fraction of sp³-hybridized carbons (Fsp3) is 0.0556. The fourth-order valence-corrected chi connectivity index (χ4v) is 2.29. The second kappa shape index (κ2) is 7.39. The van der Waals surface area contributed by atoms with E-state index in [1.54, 1.807) is 24.3 Å². The normalized spacial score (nSPS) is 10.8. The zero-order chi connectivity index (χ0) is 18.5. The van der Waals surface area contributed by atoms with E-state index in [0.29, 0.717) is 11.3 Å². The van der Waals surface area contributed by atoms with Gasteiger partial charge < -0.3 is 0 Å². The number of amides is 1. The van der Waals surface area contributed by atoms with Gasteiger partial charge in [0.05, 0.1) is 22.4 Å². The molecule has 0 fully saturated rings. The lowest BCUT2D eigenvalue weighted by molar-refractivity contribution is -0.385. The smallest absolute Gasteiger partial charge is 0.272 e. The van der Waals surface area contributed by atoms with Gasteiger partial charge in [0.1, 0.15) is 5.69 Å². The Morgan fingerprint density at radius 2 is 1.96 bits per heavy atom. The van der Waals surface area contributed by atoms with Crippen LogP contribution in [0.25, 0.3) is 11.3 Å². The Kier molecular flexibility index (Phi) is 4.84. The molecule has 2 N–H and O–H groups in total. The predicted octanol–water partition coefficient (Wildman–Crippen LogP) is 3.06. The maximum Gasteiger partial charge on any atom is 0.289 e. The topological polar surface area (TPSA) is 113 Å². The molecule has 0 saturated carbocycles.